The zero-order valence-electron chi connectivity index (χ0n) is 11.4. The van der Waals surface area contributed by atoms with E-state index in [1.165, 1.54) is 0 Å². The molecule has 1 aliphatic carbocycles. The molecule has 4 nitrogen and oxygen atoms in total. The normalized spacial score (nSPS) is 19.1. The Balaban J connectivity index is 2.04. The molecule has 0 radical (unpaired) electrons. The SMILES string of the molecule is Cc1ccc(C(N)C(=O)NC2(CO)CCCC2)cc1. The molecule has 104 valence electrons. The topological polar surface area (TPSA) is 75.4 Å². The maximum atomic E-state index is 12.2. The molecule has 1 fully saturated rings. The second-order valence-corrected chi connectivity index (χ2v) is 5.52. The Hall–Kier alpha value is -1.39. The van der Waals surface area contributed by atoms with Crippen LogP contribution in [0.5, 0.6) is 0 Å². The van der Waals surface area contributed by atoms with Gasteiger partial charge in [-0.25, -0.2) is 0 Å². The van der Waals surface area contributed by atoms with Crippen LogP contribution in [0.25, 0.3) is 0 Å². The minimum atomic E-state index is -0.676. The van der Waals surface area contributed by atoms with Crippen LogP contribution >= 0.6 is 0 Å². The lowest BCUT2D eigenvalue weighted by atomic mass is 9.97. The molecule has 19 heavy (non-hydrogen) atoms. The fourth-order valence-electron chi connectivity index (χ4n) is 2.64. The largest absolute Gasteiger partial charge is 0.394 e. The van der Waals surface area contributed by atoms with E-state index in [-0.39, 0.29) is 12.5 Å². The van der Waals surface area contributed by atoms with Gasteiger partial charge in [0.15, 0.2) is 0 Å². The number of aryl methyl sites for hydroxylation is 1. The van der Waals surface area contributed by atoms with Crippen LogP contribution in [0.1, 0.15) is 42.9 Å². The maximum Gasteiger partial charge on any atom is 0.242 e. The highest BCUT2D eigenvalue weighted by Gasteiger charge is 2.35. The number of nitrogens with one attached hydrogen (secondary N) is 1. The molecular formula is C15H22N2O2. The van der Waals surface area contributed by atoms with Gasteiger partial charge in [-0.05, 0) is 25.3 Å². The number of amides is 1. The van der Waals surface area contributed by atoms with Crippen molar-refractivity contribution >= 4 is 5.91 Å². The molecule has 0 aromatic heterocycles. The summed E-state index contributed by atoms with van der Waals surface area (Å²) in [6.07, 6.45) is 3.74. The first-order valence-electron chi connectivity index (χ1n) is 6.81. The predicted octanol–water partition coefficient (Wildman–Crippen LogP) is 1.42. The Morgan fingerprint density at radius 3 is 2.47 bits per heavy atom. The highest BCUT2D eigenvalue weighted by molar-refractivity contribution is 5.83. The summed E-state index contributed by atoms with van der Waals surface area (Å²) in [5, 5.41) is 12.4. The van der Waals surface area contributed by atoms with Gasteiger partial charge in [-0.2, -0.15) is 0 Å². The van der Waals surface area contributed by atoms with Gasteiger partial charge in [0.25, 0.3) is 0 Å². The van der Waals surface area contributed by atoms with Crippen molar-refractivity contribution in [2.24, 2.45) is 5.73 Å². The van der Waals surface area contributed by atoms with Crippen LogP contribution in [-0.2, 0) is 4.79 Å². The van der Waals surface area contributed by atoms with Crippen molar-refractivity contribution in [1.82, 2.24) is 5.32 Å². The summed E-state index contributed by atoms with van der Waals surface area (Å²) in [5.41, 5.74) is 7.47. The van der Waals surface area contributed by atoms with Crippen LogP contribution in [0, 0.1) is 6.92 Å². The third-order valence-corrected chi connectivity index (χ3v) is 3.97. The molecule has 0 bridgehead atoms. The van der Waals surface area contributed by atoms with Crippen molar-refractivity contribution in [3.05, 3.63) is 35.4 Å². The Morgan fingerprint density at radius 2 is 1.95 bits per heavy atom. The molecule has 1 atom stereocenters. The van der Waals surface area contributed by atoms with E-state index in [4.69, 9.17) is 5.73 Å². The second-order valence-electron chi connectivity index (χ2n) is 5.52. The summed E-state index contributed by atoms with van der Waals surface area (Å²) in [6.45, 7) is 1.98. The molecular weight excluding hydrogens is 240 g/mol. The number of aliphatic hydroxyl groups is 1. The summed E-state index contributed by atoms with van der Waals surface area (Å²) in [5.74, 6) is -0.209. The van der Waals surface area contributed by atoms with Gasteiger partial charge in [-0.1, -0.05) is 42.7 Å². The highest BCUT2D eigenvalue weighted by Crippen LogP contribution is 2.29. The van der Waals surface area contributed by atoms with Crippen LogP contribution in [0.4, 0.5) is 0 Å². The average molecular weight is 262 g/mol. The minimum Gasteiger partial charge on any atom is -0.394 e. The van der Waals surface area contributed by atoms with E-state index in [1.807, 2.05) is 31.2 Å². The molecule has 4 N–H and O–H groups in total. The lowest BCUT2D eigenvalue weighted by Gasteiger charge is -2.29. The van der Waals surface area contributed by atoms with Crippen molar-refractivity contribution in [2.75, 3.05) is 6.61 Å². The van der Waals surface area contributed by atoms with Crippen molar-refractivity contribution in [3.63, 3.8) is 0 Å². The number of carbonyl (C=O) groups is 1. The maximum absolute atomic E-state index is 12.2. The molecule has 1 amide bonds. The van der Waals surface area contributed by atoms with Gasteiger partial charge in [-0.15, -0.1) is 0 Å². The Bertz CT molecular complexity index is 436. The van der Waals surface area contributed by atoms with E-state index in [0.717, 1.165) is 36.8 Å². The molecule has 0 heterocycles. The van der Waals surface area contributed by atoms with Gasteiger partial charge >= 0.3 is 0 Å². The summed E-state index contributed by atoms with van der Waals surface area (Å²) in [6, 6.07) is 6.96. The molecule has 0 aliphatic heterocycles. The van der Waals surface area contributed by atoms with Gasteiger partial charge in [0.05, 0.1) is 12.1 Å². The van der Waals surface area contributed by atoms with E-state index >= 15 is 0 Å². The fourth-order valence-corrected chi connectivity index (χ4v) is 2.64. The summed E-state index contributed by atoms with van der Waals surface area (Å²) >= 11 is 0. The zero-order valence-corrected chi connectivity index (χ0v) is 11.4. The summed E-state index contributed by atoms with van der Waals surface area (Å²) in [4.78, 5) is 12.2. The standard InChI is InChI=1S/C15H22N2O2/c1-11-4-6-12(7-5-11)13(16)14(19)17-15(10-18)8-2-3-9-15/h4-7,13,18H,2-3,8-10,16H2,1H3,(H,17,19). The predicted molar refractivity (Wildman–Crippen MR) is 74.5 cm³/mol. The summed E-state index contributed by atoms with van der Waals surface area (Å²) in [7, 11) is 0. The number of aliphatic hydroxyl groups excluding tert-OH is 1. The van der Waals surface area contributed by atoms with Crippen molar-refractivity contribution in [3.8, 4) is 0 Å². The Morgan fingerprint density at radius 1 is 1.37 bits per heavy atom. The van der Waals surface area contributed by atoms with E-state index in [2.05, 4.69) is 5.32 Å². The van der Waals surface area contributed by atoms with E-state index in [1.54, 1.807) is 0 Å². The van der Waals surface area contributed by atoms with Crippen LogP contribution in [0.3, 0.4) is 0 Å². The monoisotopic (exact) mass is 262 g/mol. The first-order valence-corrected chi connectivity index (χ1v) is 6.81. The van der Waals surface area contributed by atoms with Crippen molar-refractivity contribution in [1.29, 1.82) is 0 Å². The molecule has 0 saturated heterocycles. The van der Waals surface area contributed by atoms with E-state index in [9.17, 15) is 9.90 Å². The molecule has 1 saturated carbocycles. The van der Waals surface area contributed by atoms with Gasteiger partial charge in [0.2, 0.25) is 5.91 Å². The third-order valence-electron chi connectivity index (χ3n) is 3.97. The van der Waals surface area contributed by atoms with Gasteiger partial charge in [0.1, 0.15) is 6.04 Å². The van der Waals surface area contributed by atoms with Crippen LogP contribution in [0.2, 0.25) is 0 Å². The quantitative estimate of drug-likeness (QED) is 0.768. The minimum absolute atomic E-state index is 0.0145. The molecule has 0 spiro atoms. The van der Waals surface area contributed by atoms with Gasteiger partial charge in [-0.3, -0.25) is 4.79 Å². The number of hydrogen-bond acceptors (Lipinski definition) is 3. The van der Waals surface area contributed by atoms with Crippen molar-refractivity contribution < 1.29 is 9.90 Å². The molecule has 1 aromatic rings. The first-order chi connectivity index (χ1) is 9.06. The Labute approximate surface area is 114 Å². The van der Waals surface area contributed by atoms with Crippen LogP contribution in [0.15, 0.2) is 24.3 Å². The van der Waals surface area contributed by atoms with E-state index < -0.39 is 11.6 Å². The number of carbonyl (C=O) groups excluding carboxylic acids is 1. The number of rotatable bonds is 4. The number of benzene rings is 1. The molecule has 4 heteroatoms. The highest BCUT2D eigenvalue weighted by atomic mass is 16.3. The van der Waals surface area contributed by atoms with Crippen molar-refractivity contribution in [2.45, 2.75) is 44.2 Å². The second kappa shape index (κ2) is 5.72. The zero-order chi connectivity index (χ0) is 13.9. The Kier molecular flexibility index (Phi) is 4.22. The number of nitrogens with two attached hydrogens (primary N) is 1. The van der Waals surface area contributed by atoms with Crippen LogP contribution < -0.4 is 11.1 Å². The lowest BCUT2D eigenvalue weighted by Crippen LogP contribution is -2.51. The third kappa shape index (κ3) is 3.14. The average Bonchev–Trinajstić information content (AvgIpc) is 2.88. The molecule has 1 aliphatic rings. The molecule has 1 unspecified atom stereocenters. The lowest BCUT2D eigenvalue weighted by molar-refractivity contribution is -0.125. The van der Waals surface area contributed by atoms with Crippen LogP contribution in [-0.4, -0.2) is 23.2 Å². The van der Waals surface area contributed by atoms with Gasteiger partial charge in [0, 0.05) is 0 Å². The molecule has 2 rings (SSSR count). The molecule has 1 aromatic carbocycles. The van der Waals surface area contributed by atoms with E-state index in [0.29, 0.717) is 0 Å². The fraction of sp³-hybridized carbons (Fsp3) is 0.533. The summed E-state index contributed by atoms with van der Waals surface area (Å²) < 4.78 is 0. The van der Waals surface area contributed by atoms with Gasteiger partial charge < -0.3 is 16.2 Å². The number of hydrogen-bond donors (Lipinski definition) is 3. The first kappa shape index (κ1) is 14.0. The smallest absolute Gasteiger partial charge is 0.242 e.